The Labute approximate surface area is 68.1 Å². The quantitative estimate of drug-likeness (QED) is 0.560. The minimum atomic E-state index is 0.678. The SMILES string of the molecule is CC1=C(N)C2CCCN(C1)C2. The van der Waals surface area contributed by atoms with Crippen LogP contribution in [0.25, 0.3) is 0 Å². The van der Waals surface area contributed by atoms with Crippen molar-refractivity contribution in [2.24, 2.45) is 11.7 Å². The molecule has 0 amide bonds. The number of piperidine rings is 1. The van der Waals surface area contributed by atoms with Crippen molar-refractivity contribution >= 4 is 0 Å². The van der Waals surface area contributed by atoms with Crippen molar-refractivity contribution in [1.82, 2.24) is 4.90 Å². The van der Waals surface area contributed by atoms with Crippen molar-refractivity contribution in [1.29, 1.82) is 0 Å². The molecule has 1 saturated heterocycles. The molecule has 2 heteroatoms. The number of rotatable bonds is 0. The van der Waals surface area contributed by atoms with E-state index in [1.54, 1.807) is 0 Å². The summed E-state index contributed by atoms with van der Waals surface area (Å²) >= 11 is 0. The molecule has 2 bridgehead atoms. The fourth-order valence-electron chi connectivity index (χ4n) is 2.23. The monoisotopic (exact) mass is 152 g/mol. The number of hydrogen-bond acceptors (Lipinski definition) is 2. The summed E-state index contributed by atoms with van der Waals surface area (Å²) in [5, 5.41) is 0. The van der Waals surface area contributed by atoms with Crippen molar-refractivity contribution in [2.45, 2.75) is 19.8 Å². The van der Waals surface area contributed by atoms with Crippen molar-refractivity contribution in [3.8, 4) is 0 Å². The first-order valence-electron chi connectivity index (χ1n) is 4.45. The summed E-state index contributed by atoms with van der Waals surface area (Å²) in [5.74, 6) is 0.678. The summed E-state index contributed by atoms with van der Waals surface area (Å²) in [4.78, 5) is 2.51. The second kappa shape index (κ2) is 2.52. The Morgan fingerprint density at radius 1 is 1.55 bits per heavy atom. The number of fused-ring (bicyclic) bond motifs is 2. The average Bonchev–Trinajstić information content (AvgIpc) is 2.01. The molecule has 2 heterocycles. The molecule has 2 rings (SSSR count). The van der Waals surface area contributed by atoms with E-state index in [2.05, 4.69) is 11.8 Å². The molecule has 0 aromatic carbocycles. The van der Waals surface area contributed by atoms with E-state index in [0.717, 1.165) is 6.54 Å². The van der Waals surface area contributed by atoms with E-state index in [-0.39, 0.29) is 0 Å². The lowest BCUT2D eigenvalue weighted by Crippen LogP contribution is -2.43. The van der Waals surface area contributed by atoms with Gasteiger partial charge in [-0.25, -0.2) is 0 Å². The van der Waals surface area contributed by atoms with Crippen LogP contribution in [0.4, 0.5) is 0 Å². The van der Waals surface area contributed by atoms with E-state index in [1.165, 1.54) is 37.2 Å². The standard InChI is InChI=1S/C9H16N2/c1-7-5-11-4-2-3-8(6-11)9(7)10/h8H,2-6,10H2,1H3. The van der Waals surface area contributed by atoms with Crippen LogP contribution in [-0.4, -0.2) is 24.5 Å². The third kappa shape index (κ3) is 1.16. The zero-order chi connectivity index (χ0) is 7.84. The van der Waals surface area contributed by atoms with Gasteiger partial charge in [-0.05, 0) is 31.9 Å². The predicted octanol–water partition coefficient (Wildman–Crippen LogP) is 0.945. The lowest BCUT2D eigenvalue weighted by Gasteiger charge is -2.38. The smallest absolute Gasteiger partial charge is 0.0210 e. The molecule has 0 spiro atoms. The minimum absolute atomic E-state index is 0.678. The van der Waals surface area contributed by atoms with Crippen LogP contribution in [0.5, 0.6) is 0 Å². The van der Waals surface area contributed by atoms with E-state index < -0.39 is 0 Å². The highest BCUT2D eigenvalue weighted by molar-refractivity contribution is 5.18. The van der Waals surface area contributed by atoms with Crippen LogP contribution in [0.15, 0.2) is 11.3 Å². The van der Waals surface area contributed by atoms with Crippen LogP contribution in [0.2, 0.25) is 0 Å². The summed E-state index contributed by atoms with van der Waals surface area (Å²) in [6.45, 7) is 5.77. The molecular weight excluding hydrogens is 136 g/mol. The summed E-state index contributed by atoms with van der Waals surface area (Å²) in [5.41, 5.74) is 8.57. The Kier molecular flexibility index (Phi) is 1.64. The van der Waals surface area contributed by atoms with Gasteiger partial charge in [0.2, 0.25) is 0 Å². The summed E-state index contributed by atoms with van der Waals surface area (Å²) < 4.78 is 0. The lowest BCUT2D eigenvalue weighted by molar-refractivity contribution is 0.186. The molecule has 2 unspecified atom stereocenters. The molecule has 0 aliphatic carbocycles. The van der Waals surface area contributed by atoms with Gasteiger partial charge in [-0.1, -0.05) is 0 Å². The summed E-state index contributed by atoms with van der Waals surface area (Å²) in [6, 6.07) is 0. The minimum Gasteiger partial charge on any atom is -0.402 e. The van der Waals surface area contributed by atoms with Gasteiger partial charge < -0.3 is 5.73 Å². The van der Waals surface area contributed by atoms with Gasteiger partial charge >= 0.3 is 0 Å². The van der Waals surface area contributed by atoms with Gasteiger partial charge in [0, 0.05) is 24.7 Å². The van der Waals surface area contributed by atoms with Gasteiger partial charge in [0.05, 0.1) is 0 Å². The molecule has 0 saturated carbocycles. The van der Waals surface area contributed by atoms with E-state index in [1.807, 2.05) is 0 Å². The van der Waals surface area contributed by atoms with Crippen LogP contribution < -0.4 is 5.73 Å². The van der Waals surface area contributed by atoms with Crippen LogP contribution >= 0.6 is 0 Å². The van der Waals surface area contributed by atoms with Gasteiger partial charge in [-0.3, -0.25) is 4.90 Å². The van der Waals surface area contributed by atoms with E-state index in [9.17, 15) is 0 Å². The van der Waals surface area contributed by atoms with Gasteiger partial charge in [0.1, 0.15) is 0 Å². The van der Waals surface area contributed by atoms with Crippen LogP contribution in [0.1, 0.15) is 19.8 Å². The largest absolute Gasteiger partial charge is 0.402 e. The van der Waals surface area contributed by atoms with Gasteiger partial charge in [-0.15, -0.1) is 0 Å². The van der Waals surface area contributed by atoms with Crippen molar-refractivity contribution in [3.63, 3.8) is 0 Å². The van der Waals surface area contributed by atoms with Crippen LogP contribution in [0, 0.1) is 5.92 Å². The molecule has 0 radical (unpaired) electrons. The average molecular weight is 152 g/mol. The predicted molar refractivity (Wildman–Crippen MR) is 46.1 cm³/mol. The van der Waals surface area contributed by atoms with Gasteiger partial charge in [0.15, 0.2) is 0 Å². The number of nitrogens with two attached hydrogens (primary N) is 1. The highest BCUT2D eigenvalue weighted by Crippen LogP contribution is 2.27. The van der Waals surface area contributed by atoms with Crippen LogP contribution in [0.3, 0.4) is 0 Å². The second-order valence-electron chi connectivity index (χ2n) is 3.81. The lowest BCUT2D eigenvalue weighted by atomic mass is 9.89. The van der Waals surface area contributed by atoms with E-state index in [0.29, 0.717) is 5.92 Å². The first kappa shape index (κ1) is 7.17. The molecular formula is C9H16N2. The molecule has 1 fully saturated rings. The fraction of sp³-hybridized carbons (Fsp3) is 0.778. The molecule has 2 aliphatic rings. The number of hydrogen-bond donors (Lipinski definition) is 1. The summed E-state index contributed by atoms with van der Waals surface area (Å²) in [7, 11) is 0. The molecule has 2 nitrogen and oxygen atoms in total. The Hall–Kier alpha value is -0.500. The normalized spacial score (nSPS) is 37.5. The van der Waals surface area contributed by atoms with E-state index >= 15 is 0 Å². The van der Waals surface area contributed by atoms with Crippen molar-refractivity contribution < 1.29 is 0 Å². The maximum Gasteiger partial charge on any atom is 0.0210 e. The second-order valence-corrected chi connectivity index (χ2v) is 3.81. The highest BCUT2D eigenvalue weighted by atomic mass is 15.1. The molecule has 0 aromatic rings. The third-order valence-electron chi connectivity index (χ3n) is 2.90. The third-order valence-corrected chi connectivity index (χ3v) is 2.90. The summed E-state index contributed by atoms with van der Waals surface area (Å²) in [6.07, 6.45) is 2.64. The Bertz CT molecular complexity index is 196. The zero-order valence-electron chi connectivity index (χ0n) is 7.14. The zero-order valence-corrected chi connectivity index (χ0v) is 7.14. The molecule has 0 aromatic heterocycles. The molecule has 2 aliphatic heterocycles. The molecule has 2 N–H and O–H groups in total. The Morgan fingerprint density at radius 3 is 3.18 bits per heavy atom. The van der Waals surface area contributed by atoms with Crippen molar-refractivity contribution in [2.75, 3.05) is 19.6 Å². The maximum atomic E-state index is 5.98. The topological polar surface area (TPSA) is 29.3 Å². The number of nitrogens with zero attached hydrogens (tertiary/aromatic N) is 1. The van der Waals surface area contributed by atoms with Gasteiger partial charge in [0.25, 0.3) is 0 Å². The first-order valence-corrected chi connectivity index (χ1v) is 4.45. The molecule has 62 valence electrons. The van der Waals surface area contributed by atoms with Crippen molar-refractivity contribution in [3.05, 3.63) is 11.3 Å². The Morgan fingerprint density at radius 2 is 2.36 bits per heavy atom. The molecule has 2 atom stereocenters. The van der Waals surface area contributed by atoms with Crippen LogP contribution in [-0.2, 0) is 0 Å². The highest BCUT2D eigenvalue weighted by Gasteiger charge is 2.27. The first-order chi connectivity index (χ1) is 5.27. The van der Waals surface area contributed by atoms with Gasteiger partial charge in [-0.2, -0.15) is 0 Å². The fourth-order valence-corrected chi connectivity index (χ4v) is 2.23. The maximum absolute atomic E-state index is 5.98. The van der Waals surface area contributed by atoms with E-state index in [4.69, 9.17) is 5.73 Å². The molecule has 11 heavy (non-hydrogen) atoms. The Balaban J connectivity index is 2.23.